The monoisotopic (exact) mass is 668 g/mol. The third-order valence-corrected chi connectivity index (χ3v) is 10.5. The van der Waals surface area contributed by atoms with Crippen molar-refractivity contribution in [3.8, 4) is 6.07 Å². The maximum atomic E-state index is 14.2. The third-order valence-electron chi connectivity index (χ3n) is 10.5. The summed E-state index contributed by atoms with van der Waals surface area (Å²) in [6, 6.07) is 26.1. The molecule has 0 aliphatic carbocycles. The van der Waals surface area contributed by atoms with Gasteiger partial charge < -0.3 is 25.4 Å². The van der Waals surface area contributed by atoms with E-state index in [1.165, 1.54) is 18.2 Å². The Balaban J connectivity index is 1.94. The Morgan fingerprint density at radius 2 is 1.49 bits per heavy atom. The highest BCUT2D eigenvalue weighted by Crippen LogP contribution is 2.60. The van der Waals surface area contributed by atoms with Crippen molar-refractivity contribution < 1.29 is 34.4 Å². The zero-order chi connectivity index (χ0) is 35.4. The first-order valence-corrected chi connectivity index (χ1v) is 17.2. The van der Waals surface area contributed by atoms with E-state index in [0.29, 0.717) is 18.6 Å². The van der Waals surface area contributed by atoms with Gasteiger partial charge in [-0.25, -0.2) is 4.79 Å². The number of aromatic carboxylic acids is 1. The summed E-state index contributed by atoms with van der Waals surface area (Å²) in [6.07, 6.45) is 4.05. The van der Waals surface area contributed by atoms with Crippen LogP contribution in [0, 0.1) is 22.2 Å². The molecule has 0 spiro atoms. The van der Waals surface area contributed by atoms with Gasteiger partial charge in [0.1, 0.15) is 0 Å². The number of carboxylic acid groups (broad SMARTS) is 3. The number of nitriles is 1. The fraction of sp³-hybridized carbons (Fsp3) is 0.450. The van der Waals surface area contributed by atoms with Crippen LogP contribution in [0.5, 0.6) is 0 Å². The topological polar surface area (TPSA) is 157 Å². The molecule has 0 bridgehead atoms. The number of hydrogen-bond donors (Lipinski definition) is 4. The van der Waals surface area contributed by atoms with Gasteiger partial charge in [-0.05, 0) is 61.4 Å². The van der Waals surface area contributed by atoms with E-state index in [1.807, 2.05) is 60.7 Å². The van der Waals surface area contributed by atoms with Crippen LogP contribution in [0.1, 0.15) is 104 Å². The number of nitrogens with zero attached hydrogens (tertiary/aromatic N) is 1. The lowest BCUT2D eigenvalue weighted by atomic mass is 9.49. The number of rotatable bonds is 18. The number of unbranched alkanes of at least 4 members (excludes halogenated alkanes) is 3. The summed E-state index contributed by atoms with van der Waals surface area (Å²) in [6.45, 7) is 4.29. The van der Waals surface area contributed by atoms with Crippen molar-refractivity contribution in [3.05, 3.63) is 107 Å². The van der Waals surface area contributed by atoms with Gasteiger partial charge in [0.15, 0.2) is 0 Å². The number of carboxylic acids is 3. The summed E-state index contributed by atoms with van der Waals surface area (Å²) in [5.74, 6) is -5.05. The maximum absolute atomic E-state index is 14.2. The van der Waals surface area contributed by atoms with Crippen LogP contribution in [0.25, 0.3) is 0 Å². The molecule has 4 N–H and O–H groups in total. The molecule has 0 amide bonds. The molecular weight excluding hydrogens is 620 g/mol. The number of piperidine rings is 1. The summed E-state index contributed by atoms with van der Waals surface area (Å²) in [7, 11) is 0. The number of aliphatic carboxylic acids is 2. The van der Waals surface area contributed by atoms with Gasteiger partial charge in [0, 0.05) is 36.9 Å². The smallest absolute Gasteiger partial charge is 0.335 e. The maximum Gasteiger partial charge on any atom is 0.335 e. The second kappa shape index (κ2) is 17.2. The van der Waals surface area contributed by atoms with Crippen LogP contribution in [0.15, 0.2) is 84.9 Å². The number of ether oxygens (including phenoxy) is 1. The third kappa shape index (κ3) is 8.04. The molecule has 1 heterocycles. The van der Waals surface area contributed by atoms with E-state index in [-0.39, 0.29) is 37.4 Å². The zero-order valence-electron chi connectivity index (χ0n) is 28.4. The molecule has 5 unspecified atom stereocenters. The second-order valence-electron chi connectivity index (χ2n) is 13.2. The molecule has 5 atom stereocenters. The molecule has 3 aromatic carbocycles. The molecule has 1 fully saturated rings. The minimum Gasteiger partial charge on any atom is -0.481 e. The van der Waals surface area contributed by atoms with Gasteiger partial charge in [-0.1, -0.05) is 99.0 Å². The molecule has 0 radical (unpaired) electrons. The summed E-state index contributed by atoms with van der Waals surface area (Å²) >= 11 is 0. The minimum atomic E-state index is -1.78. The molecule has 0 aromatic heterocycles. The van der Waals surface area contributed by atoms with Gasteiger partial charge in [-0.15, -0.1) is 0 Å². The SMILES string of the molecule is CCCCCCOCC1NC(C)C(CCC#N)(C(=O)O)C(c2cccc(C(=O)O)c2)C1(CCC(c1ccccc1)c1ccccc1)C(=O)O. The quantitative estimate of drug-likeness (QED) is 0.101. The van der Waals surface area contributed by atoms with Crippen LogP contribution in [0.3, 0.4) is 0 Å². The normalized spacial score (nSPS) is 23.5. The molecule has 1 aliphatic heterocycles. The second-order valence-corrected chi connectivity index (χ2v) is 13.2. The average molecular weight is 669 g/mol. The van der Waals surface area contributed by atoms with E-state index in [1.54, 1.807) is 13.0 Å². The molecule has 9 heteroatoms. The highest BCUT2D eigenvalue weighted by molar-refractivity contribution is 5.89. The molecule has 0 saturated carbocycles. The Labute approximate surface area is 288 Å². The zero-order valence-corrected chi connectivity index (χ0v) is 28.4. The molecule has 9 nitrogen and oxygen atoms in total. The molecule has 1 aliphatic rings. The van der Waals surface area contributed by atoms with Crippen LogP contribution < -0.4 is 5.32 Å². The van der Waals surface area contributed by atoms with Crippen LogP contribution >= 0.6 is 0 Å². The summed E-state index contributed by atoms with van der Waals surface area (Å²) < 4.78 is 6.19. The van der Waals surface area contributed by atoms with Crippen LogP contribution in [0.2, 0.25) is 0 Å². The summed E-state index contributed by atoms with van der Waals surface area (Å²) in [4.78, 5) is 40.0. The number of carbonyl (C=O) groups is 3. The average Bonchev–Trinajstić information content (AvgIpc) is 3.10. The summed E-state index contributed by atoms with van der Waals surface area (Å²) in [5, 5.41) is 45.7. The molecule has 49 heavy (non-hydrogen) atoms. The predicted molar refractivity (Wildman–Crippen MR) is 186 cm³/mol. The van der Waals surface area contributed by atoms with Crippen molar-refractivity contribution in [3.63, 3.8) is 0 Å². The van der Waals surface area contributed by atoms with Gasteiger partial charge in [-0.3, -0.25) is 9.59 Å². The lowest BCUT2D eigenvalue weighted by Crippen LogP contribution is -2.71. The van der Waals surface area contributed by atoms with Gasteiger partial charge >= 0.3 is 17.9 Å². The lowest BCUT2D eigenvalue weighted by molar-refractivity contribution is -0.177. The molecule has 1 saturated heterocycles. The van der Waals surface area contributed by atoms with Gasteiger partial charge in [0.25, 0.3) is 0 Å². The van der Waals surface area contributed by atoms with E-state index in [9.17, 15) is 35.0 Å². The van der Waals surface area contributed by atoms with E-state index < -0.39 is 46.7 Å². The van der Waals surface area contributed by atoms with E-state index in [0.717, 1.165) is 36.8 Å². The molecular formula is C40H48N2O7. The van der Waals surface area contributed by atoms with Gasteiger partial charge in [0.05, 0.1) is 29.1 Å². The Kier molecular flexibility index (Phi) is 13.1. The van der Waals surface area contributed by atoms with Crippen LogP contribution in [-0.4, -0.2) is 58.5 Å². The molecule has 4 rings (SSSR count). The minimum absolute atomic E-state index is 0.0210. The standard InChI is InChI=1S/C40H48N2O7/c1-3-4-5-12-25-49-27-34-40(38(47)48,23-21-33(29-15-8-6-9-16-29)30-17-10-7-11-18-30)35(31-19-13-20-32(26-31)36(43)44)39(37(45)46,22-14-24-41)28(2)42-34/h6-11,13,15-20,26,28,33-35,42H,3-5,12,14,21-23,25,27H2,1-2H3,(H,43,44)(H,45,46)(H,47,48). The predicted octanol–water partition coefficient (Wildman–Crippen LogP) is 7.48. The fourth-order valence-corrected chi connectivity index (χ4v) is 8.00. The Hall–Kier alpha value is -4.52. The molecule has 3 aromatic rings. The van der Waals surface area contributed by atoms with Crippen molar-refractivity contribution in [1.29, 1.82) is 5.26 Å². The van der Waals surface area contributed by atoms with Crippen molar-refractivity contribution in [2.75, 3.05) is 13.2 Å². The van der Waals surface area contributed by atoms with Crippen molar-refractivity contribution in [2.45, 2.75) is 89.1 Å². The van der Waals surface area contributed by atoms with Gasteiger partial charge in [0.2, 0.25) is 0 Å². The van der Waals surface area contributed by atoms with Gasteiger partial charge in [-0.2, -0.15) is 5.26 Å². The highest BCUT2D eigenvalue weighted by Gasteiger charge is 2.67. The van der Waals surface area contributed by atoms with Crippen molar-refractivity contribution in [1.82, 2.24) is 5.32 Å². The lowest BCUT2D eigenvalue weighted by Gasteiger charge is -2.58. The first kappa shape index (κ1) is 37.3. The Morgan fingerprint density at radius 3 is 2.04 bits per heavy atom. The fourth-order valence-electron chi connectivity index (χ4n) is 8.00. The molecule has 260 valence electrons. The van der Waals surface area contributed by atoms with Crippen molar-refractivity contribution >= 4 is 17.9 Å². The highest BCUT2D eigenvalue weighted by atomic mass is 16.5. The Morgan fingerprint density at radius 1 is 0.857 bits per heavy atom. The van der Waals surface area contributed by atoms with E-state index in [2.05, 4.69) is 18.3 Å². The van der Waals surface area contributed by atoms with Crippen LogP contribution in [-0.2, 0) is 14.3 Å². The van der Waals surface area contributed by atoms with E-state index in [4.69, 9.17) is 4.74 Å². The van der Waals surface area contributed by atoms with Crippen LogP contribution in [0.4, 0.5) is 0 Å². The largest absolute Gasteiger partial charge is 0.481 e. The van der Waals surface area contributed by atoms with E-state index >= 15 is 0 Å². The Bertz CT molecular complexity index is 1550. The first-order chi connectivity index (χ1) is 23.6. The first-order valence-electron chi connectivity index (χ1n) is 17.2. The number of hydrogen-bond acceptors (Lipinski definition) is 6. The summed E-state index contributed by atoms with van der Waals surface area (Å²) in [5.41, 5.74) is -1.32. The van der Waals surface area contributed by atoms with Crippen molar-refractivity contribution in [2.24, 2.45) is 10.8 Å². The number of nitrogens with one attached hydrogen (secondary N) is 1. The number of benzene rings is 3.